The fraction of sp³-hybridized carbons (Fsp3) is 0.500. The van der Waals surface area contributed by atoms with E-state index in [4.69, 9.17) is 21.9 Å². The SMILES string of the molecule is CC=C1[C@@H]2C=C(C)CC1(N=[N+]=[N-])C1=CCC(OC(=O)Cl)N=C1C2. The highest BCUT2D eigenvalue weighted by Crippen LogP contribution is 2.51. The van der Waals surface area contributed by atoms with Gasteiger partial charge in [0.25, 0.3) is 0 Å². The Kier molecular flexibility index (Phi) is 4.04. The number of azide groups is 1. The summed E-state index contributed by atoms with van der Waals surface area (Å²) in [6.07, 6.45) is 7.42. The van der Waals surface area contributed by atoms with Crippen molar-refractivity contribution in [1.82, 2.24) is 0 Å². The van der Waals surface area contributed by atoms with Crippen LogP contribution in [0.25, 0.3) is 10.4 Å². The summed E-state index contributed by atoms with van der Waals surface area (Å²) in [5, 5.41) is 4.20. The second kappa shape index (κ2) is 5.87. The average Bonchev–Trinajstić information content (AvgIpc) is 2.45. The van der Waals surface area contributed by atoms with Gasteiger partial charge in [-0.2, -0.15) is 0 Å². The second-order valence-electron chi connectivity index (χ2n) is 6.03. The topological polar surface area (TPSA) is 87.4 Å². The Hall–Kier alpha value is -2.04. The van der Waals surface area contributed by atoms with E-state index >= 15 is 0 Å². The quantitative estimate of drug-likeness (QED) is 0.238. The van der Waals surface area contributed by atoms with Crippen LogP contribution in [0.4, 0.5) is 4.79 Å². The van der Waals surface area contributed by atoms with Gasteiger partial charge in [0.15, 0.2) is 6.23 Å². The molecule has 0 aromatic heterocycles. The lowest BCUT2D eigenvalue weighted by molar-refractivity contribution is 0.126. The predicted octanol–water partition coefficient (Wildman–Crippen LogP) is 4.82. The molecule has 2 bridgehead atoms. The van der Waals surface area contributed by atoms with Crippen LogP contribution in [0.3, 0.4) is 0 Å². The van der Waals surface area contributed by atoms with E-state index in [-0.39, 0.29) is 5.92 Å². The van der Waals surface area contributed by atoms with Gasteiger partial charge in [-0.15, -0.1) is 0 Å². The van der Waals surface area contributed by atoms with Crippen LogP contribution >= 0.6 is 11.6 Å². The van der Waals surface area contributed by atoms with Crippen molar-refractivity contribution in [3.05, 3.63) is 45.4 Å². The molecular weight excluding hydrogens is 316 g/mol. The summed E-state index contributed by atoms with van der Waals surface area (Å²) >= 11 is 5.29. The Bertz CT molecular complexity index is 730. The second-order valence-corrected chi connectivity index (χ2v) is 6.34. The van der Waals surface area contributed by atoms with Crippen LogP contribution < -0.4 is 0 Å². The summed E-state index contributed by atoms with van der Waals surface area (Å²) in [6.45, 7) is 4.03. The van der Waals surface area contributed by atoms with E-state index in [1.807, 2.05) is 19.1 Å². The van der Waals surface area contributed by atoms with Gasteiger partial charge in [-0.25, -0.2) is 9.79 Å². The van der Waals surface area contributed by atoms with Crippen molar-refractivity contribution in [3.8, 4) is 0 Å². The van der Waals surface area contributed by atoms with Crippen molar-refractivity contribution in [3.63, 3.8) is 0 Å². The molecule has 1 heterocycles. The summed E-state index contributed by atoms with van der Waals surface area (Å²) in [4.78, 5) is 18.6. The number of hydrogen-bond acceptors (Lipinski definition) is 4. The van der Waals surface area contributed by atoms with Crippen LogP contribution in [0.15, 0.2) is 45.1 Å². The number of carbonyl (C=O) groups excluding carboxylic acids is 1. The maximum absolute atomic E-state index is 10.9. The first-order valence-corrected chi connectivity index (χ1v) is 7.92. The number of aliphatic imine (C=N–C) groups is 1. The van der Waals surface area contributed by atoms with E-state index in [1.165, 1.54) is 5.57 Å². The van der Waals surface area contributed by atoms with Gasteiger partial charge in [-0.1, -0.05) is 34.5 Å². The van der Waals surface area contributed by atoms with Crippen LogP contribution in [0, 0.1) is 5.92 Å². The van der Waals surface area contributed by atoms with Gasteiger partial charge in [0.1, 0.15) is 5.54 Å². The molecule has 0 radical (unpaired) electrons. The third-order valence-corrected chi connectivity index (χ3v) is 4.73. The standard InChI is InChI=1S/C16H17ClN4O2/c1-3-11-10-6-9(2)8-16(11,20-21-18)12-4-5-14(23-15(17)22)19-13(12)7-10/h3-4,6,10,14H,5,7-8H2,1-2H3/t10-,14?,16?/m1/s1. The highest BCUT2D eigenvalue weighted by Gasteiger charge is 2.49. The number of halogens is 1. The Morgan fingerprint density at radius 1 is 1.65 bits per heavy atom. The van der Waals surface area contributed by atoms with Crippen molar-refractivity contribution < 1.29 is 9.53 Å². The van der Waals surface area contributed by atoms with Gasteiger partial charge in [0, 0.05) is 34.6 Å². The van der Waals surface area contributed by atoms with E-state index in [0.717, 1.165) is 16.9 Å². The van der Waals surface area contributed by atoms with Gasteiger partial charge in [-0.3, -0.25) is 0 Å². The lowest BCUT2D eigenvalue weighted by Gasteiger charge is -2.47. The van der Waals surface area contributed by atoms with Crippen molar-refractivity contribution in [2.45, 2.75) is 44.9 Å². The van der Waals surface area contributed by atoms with Crippen molar-refractivity contribution in [2.24, 2.45) is 16.0 Å². The molecule has 3 rings (SSSR count). The molecule has 0 aromatic rings. The highest BCUT2D eigenvalue weighted by molar-refractivity contribution is 6.61. The van der Waals surface area contributed by atoms with Crippen LogP contribution in [0.1, 0.15) is 33.1 Å². The zero-order valence-corrected chi connectivity index (χ0v) is 13.7. The van der Waals surface area contributed by atoms with Gasteiger partial charge < -0.3 is 4.74 Å². The zero-order valence-electron chi connectivity index (χ0n) is 13.0. The average molecular weight is 333 g/mol. The Labute approximate surface area is 139 Å². The molecule has 0 saturated heterocycles. The normalized spacial score (nSPS) is 33.7. The summed E-state index contributed by atoms with van der Waals surface area (Å²) < 4.78 is 4.99. The highest BCUT2D eigenvalue weighted by atomic mass is 35.5. The third-order valence-electron chi connectivity index (χ3n) is 4.65. The lowest BCUT2D eigenvalue weighted by Crippen LogP contribution is -2.46. The molecule has 120 valence electrons. The first kappa shape index (κ1) is 15.8. The zero-order chi connectivity index (χ0) is 16.6. The molecule has 1 aliphatic heterocycles. The Morgan fingerprint density at radius 2 is 2.43 bits per heavy atom. The molecule has 0 N–H and O–H groups in total. The largest absolute Gasteiger partial charge is 0.427 e. The third kappa shape index (κ3) is 2.58. The van der Waals surface area contributed by atoms with E-state index in [2.05, 4.69) is 28.0 Å². The minimum absolute atomic E-state index is 0.153. The van der Waals surface area contributed by atoms with Gasteiger partial charge in [0.05, 0.1) is 0 Å². The molecule has 0 aromatic carbocycles. The summed E-state index contributed by atoms with van der Waals surface area (Å²) in [5.41, 5.74) is 11.7. The van der Waals surface area contributed by atoms with Crippen LogP contribution in [-0.2, 0) is 4.74 Å². The lowest BCUT2D eigenvalue weighted by atomic mass is 9.61. The molecule has 2 aliphatic carbocycles. The van der Waals surface area contributed by atoms with Crippen molar-refractivity contribution >= 4 is 22.7 Å². The minimum Gasteiger partial charge on any atom is -0.427 e. The molecule has 3 aliphatic rings. The van der Waals surface area contributed by atoms with Gasteiger partial charge in [0.2, 0.25) is 0 Å². The Balaban J connectivity index is 2.10. The number of carbonyl (C=O) groups is 1. The molecule has 1 fully saturated rings. The molecule has 23 heavy (non-hydrogen) atoms. The molecule has 0 amide bonds. The molecule has 1 saturated carbocycles. The molecule has 6 nitrogen and oxygen atoms in total. The fourth-order valence-electron chi connectivity index (χ4n) is 3.99. The first-order valence-electron chi connectivity index (χ1n) is 7.54. The monoisotopic (exact) mass is 332 g/mol. The van der Waals surface area contributed by atoms with Crippen LogP contribution in [0.2, 0.25) is 0 Å². The van der Waals surface area contributed by atoms with Gasteiger partial charge in [-0.05, 0) is 37.8 Å². The molecular formula is C16H17ClN4O2. The van der Waals surface area contributed by atoms with Crippen molar-refractivity contribution in [1.29, 1.82) is 0 Å². The van der Waals surface area contributed by atoms with E-state index < -0.39 is 17.2 Å². The van der Waals surface area contributed by atoms with Crippen LogP contribution in [-0.4, -0.2) is 22.9 Å². The Morgan fingerprint density at radius 3 is 3.09 bits per heavy atom. The van der Waals surface area contributed by atoms with E-state index in [1.54, 1.807) is 0 Å². The maximum atomic E-state index is 10.9. The maximum Gasteiger partial charge on any atom is 0.405 e. The molecule has 7 heteroatoms. The minimum atomic E-state index is -0.859. The van der Waals surface area contributed by atoms with Crippen LogP contribution in [0.5, 0.6) is 0 Å². The van der Waals surface area contributed by atoms with E-state index in [0.29, 0.717) is 19.3 Å². The molecule has 0 spiro atoms. The number of hydrogen-bond donors (Lipinski definition) is 0. The molecule has 3 atom stereocenters. The summed E-state index contributed by atoms with van der Waals surface area (Å²) in [7, 11) is 0. The van der Waals surface area contributed by atoms with Crippen molar-refractivity contribution in [2.75, 3.05) is 0 Å². The number of nitrogens with zero attached hydrogens (tertiary/aromatic N) is 4. The summed E-state index contributed by atoms with van der Waals surface area (Å²) in [5.74, 6) is 0.153. The number of dihydropyridines is 1. The number of fused-ring (bicyclic) bond motifs is 4. The fourth-order valence-corrected chi connectivity index (χ4v) is 4.10. The number of allylic oxidation sites excluding steroid dienone is 2. The predicted molar refractivity (Wildman–Crippen MR) is 88.4 cm³/mol. The number of rotatable bonds is 2. The van der Waals surface area contributed by atoms with Gasteiger partial charge >= 0.3 is 5.43 Å². The summed E-state index contributed by atoms with van der Waals surface area (Å²) in [6, 6.07) is 0. The number of ether oxygens (including phenoxy) is 1. The smallest absolute Gasteiger partial charge is 0.405 e. The first-order chi connectivity index (χ1) is 11.0. The molecule has 2 unspecified atom stereocenters. The van der Waals surface area contributed by atoms with E-state index in [9.17, 15) is 4.79 Å².